The van der Waals surface area contributed by atoms with Crippen LogP contribution in [0.2, 0.25) is 0 Å². The first-order chi connectivity index (χ1) is 35.0. The number of esters is 2. The number of unbranched alkanes of at least 4 members (excludes halogenated alkanes) is 17. The fourth-order valence-electron chi connectivity index (χ4n) is 8.24. The maximum Gasteiger partial charge on any atom is 0.481 e. The number of phosphoric acid groups is 2. The Hall–Kier alpha value is -3.06. The summed E-state index contributed by atoms with van der Waals surface area (Å²) in [6, 6.07) is 1.25. The largest absolute Gasteiger partial charge is 0.481 e. The van der Waals surface area contributed by atoms with Crippen LogP contribution in [-0.2, 0) is 51.0 Å². The highest BCUT2D eigenvalue weighted by molar-refractivity contribution is 7.61. The number of hydrogen-bond acceptors (Lipinski definition) is 16. The third-order valence-corrected chi connectivity index (χ3v) is 15.2. The van der Waals surface area contributed by atoms with E-state index in [4.69, 9.17) is 33.7 Å². The minimum absolute atomic E-state index is 0.0328. The van der Waals surface area contributed by atoms with Crippen LogP contribution in [0.3, 0.4) is 0 Å². The average Bonchev–Trinajstić information content (AvgIpc) is 4.03. The van der Waals surface area contributed by atoms with Crippen molar-refractivity contribution in [1.82, 2.24) is 9.55 Å². The Morgan fingerprint density at radius 1 is 0.712 bits per heavy atom. The second-order valence-electron chi connectivity index (χ2n) is 19.6. The molecule has 0 amide bonds. The van der Waals surface area contributed by atoms with Crippen LogP contribution in [0.15, 0.2) is 53.5 Å². The standard InChI is InChI=1S/C52H89N3O16P2/c1-4-5-6-7-8-15-19-22-27-32-43-44(69-43)33-28-24-25-30-35-48(57)68-42(38-65-47(56)34-29-23-20-17-14-12-10-9-11-13-16-18-21-26-31-41(2)3)39-66-72(61,62)71-73(63,64)67-40-45-49(58)50(59)51(70-45)55-37-36-46(53)54-52(55)60/h8,15,22,24,27-28,36-37,41-45,49-51,58-59H,4-7,9-14,16-21,23,25-26,29-35,38-40H2,1-3H3,(H,61,62)(H,63,64)(H2,53,54,60)/b15-8-,27-22-,28-24-/t42-,43?,44?,45-,49-,50-,51-/m1/s1. The third-order valence-electron chi connectivity index (χ3n) is 12.6. The fraction of sp³-hybridized carbons (Fsp3) is 0.769. The van der Waals surface area contributed by atoms with Gasteiger partial charge in [0.25, 0.3) is 0 Å². The highest BCUT2D eigenvalue weighted by atomic mass is 31.3. The molecule has 9 atom stereocenters. The number of aliphatic hydroxyl groups excluding tert-OH is 2. The minimum Gasteiger partial charge on any atom is -0.462 e. The number of carbonyl (C=O) groups excluding carboxylic acids is 2. The summed E-state index contributed by atoms with van der Waals surface area (Å²) in [4.78, 5) is 62.1. The van der Waals surface area contributed by atoms with Crippen LogP contribution >= 0.6 is 15.6 Å². The Morgan fingerprint density at radius 3 is 1.90 bits per heavy atom. The number of aliphatic hydroxyl groups is 2. The SMILES string of the molecule is CCCCC/C=C\C/C=C\CC1OC1C/C=C\CCCC(=O)O[C@H](COC(=O)CCCCCCCCCCCCCCCCC(C)C)COP(=O)(O)OP(=O)(O)OC[C@H]1O[C@@H](n2ccc(N)nc2=O)[C@H](O)[C@@H]1O. The molecule has 6 N–H and O–H groups in total. The number of nitrogen functional groups attached to an aromatic ring is 1. The van der Waals surface area contributed by atoms with Crippen molar-refractivity contribution in [2.45, 2.75) is 231 Å². The van der Waals surface area contributed by atoms with Gasteiger partial charge in [0, 0.05) is 19.0 Å². The molecule has 4 unspecified atom stereocenters. The number of nitrogens with zero attached hydrogens (tertiary/aromatic N) is 2. The summed E-state index contributed by atoms with van der Waals surface area (Å²) in [6.45, 7) is 4.40. The van der Waals surface area contributed by atoms with Gasteiger partial charge < -0.3 is 44.7 Å². The summed E-state index contributed by atoms with van der Waals surface area (Å²) in [6.07, 6.45) is 32.5. The molecule has 3 heterocycles. The summed E-state index contributed by atoms with van der Waals surface area (Å²) >= 11 is 0. The number of anilines is 1. The van der Waals surface area contributed by atoms with Gasteiger partial charge in [-0.2, -0.15) is 9.29 Å². The molecule has 2 aliphatic rings. The van der Waals surface area contributed by atoms with Crippen LogP contribution < -0.4 is 11.4 Å². The van der Waals surface area contributed by atoms with Crippen molar-refractivity contribution in [3.63, 3.8) is 0 Å². The zero-order chi connectivity index (χ0) is 53.3. The van der Waals surface area contributed by atoms with E-state index in [1.807, 2.05) is 12.2 Å². The molecule has 2 saturated heterocycles. The van der Waals surface area contributed by atoms with Gasteiger partial charge in [0.05, 0.1) is 25.4 Å². The van der Waals surface area contributed by atoms with Gasteiger partial charge in [0.2, 0.25) is 0 Å². The van der Waals surface area contributed by atoms with Crippen molar-refractivity contribution in [2.75, 3.05) is 25.6 Å². The first-order valence-electron chi connectivity index (χ1n) is 27.0. The molecular formula is C52H89N3O16P2. The molecule has 0 aromatic carbocycles. The van der Waals surface area contributed by atoms with Crippen LogP contribution in [-0.4, -0.2) is 97.9 Å². The lowest BCUT2D eigenvalue weighted by Gasteiger charge is -2.21. The molecule has 2 fully saturated rings. The van der Waals surface area contributed by atoms with E-state index in [0.29, 0.717) is 19.3 Å². The Kier molecular flexibility index (Phi) is 32.4. The molecule has 19 nitrogen and oxygen atoms in total. The lowest BCUT2D eigenvalue weighted by Crippen LogP contribution is -2.36. The molecular weight excluding hydrogens is 985 g/mol. The molecule has 73 heavy (non-hydrogen) atoms. The maximum atomic E-state index is 12.9. The number of hydrogen-bond donors (Lipinski definition) is 5. The Bertz CT molecular complexity index is 1950. The van der Waals surface area contributed by atoms with Crippen molar-refractivity contribution in [3.8, 4) is 0 Å². The molecule has 1 aromatic heterocycles. The van der Waals surface area contributed by atoms with E-state index < -0.39 is 83.7 Å². The number of carbonyl (C=O) groups is 2. The topological polar surface area (TPSA) is 278 Å². The lowest BCUT2D eigenvalue weighted by atomic mass is 10.0. The molecule has 0 spiro atoms. The van der Waals surface area contributed by atoms with Gasteiger partial charge in [-0.1, -0.05) is 160 Å². The Morgan fingerprint density at radius 2 is 1.27 bits per heavy atom. The Balaban J connectivity index is 1.40. The van der Waals surface area contributed by atoms with Crippen LogP contribution in [0.4, 0.5) is 5.82 Å². The van der Waals surface area contributed by atoms with Gasteiger partial charge in [0.1, 0.15) is 30.7 Å². The number of allylic oxidation sites excluding steroid dienone is 4. The molecule has 1 aromatic rings. The highest BCUT2D eigenvalue weighted by Crippen LogP contribution is 2.60. The molecule has 21 heteroatoms. The van der Waals surface area contributed by atoms with Gasteiger partial charge in [-0.3, -0.25) is 23.2 Å². The fourth-order valence-corrected chi connectivity index (χ4v) is 10.3. The lowest BCUT2D eigenvalue weighted by molar-refractivity contribution is -0.161. The smallest absolute Gasteiger partial charge is 0.462 e. The van der Waals surface area contributed by atoms with Crippen LogP contribution in [0.5, 0.6) is 0 Å². The average molecular weight is 1070 g/mol. The minimum atomic E-state index is -5.44. The molecule has 0 bridgehead atoms. The second-order valence-corrected chi connectivity index (χ2v) is 22.6. The van der Waals surface area contributed by atoms with Crippen LogP contribution in [0, 0.1) is 5.92 Å². The van der Waals surface area contributed by atoms with E-state index >= 15 is 0 Å². The third kappa shape index (κ3) is 29.7. The van der Waals surface area contributed by atoms with Crippen LogP contribution in [0.25, 0.3) is 0 Å². The second kappa shape index (κ2) is 36.8. The summed E-state index contributed by atoms with van der Waals surface area (Å²) in [5, 5.41) is 20.9. The Labute approximate surface area is 433 Å². The number of aromatic nitrogens is 2. The van der Waals surface area contributed by atoms with Gasteiger partial charge >= 0.3 is 33.3 Å². The maximum absolute atomic E-state index is 12.9. The van der Waals surface area contributed by atoms with Crippen LogP contribution in [0.1, 0.15) is 194 Å². The van der Waals surface area contributed by atoms with Crippen molar-refractivity contribution in [3.05, 3.63) is 59.2 Å². The van der Waals surface area contributed by atoms with Crippen molar-refractivity contribution in [1.29, 1.82) is 0 Å². The van der Waals surface area contributed by atoms with Gasteiger partial charge in [0.15, 0.2) is 12.3 Å². The molecule has 0 radical (unpaired) electrons. The number of ether oxygens (including phenoxy) is 4. The quantitative estimate of drug-likeness (QED) is 0.0134. The molecule has 3 rings (SSSR count). The molecule has 2 aliphatic heterocycles. The number of phosphoric ester groups is 2. The number of epoxide rings is 1. The van der Waals surface area contributed by atoms with Gasteiger partial charge in [-0.05, 0) is 63.4 Å². The highest BCUT2D eigenvalue weighted by Gasteiger charge is 2.46. The molecule has 0 aliphatic carbocycles. The van der Waals surface area contributed by atoms with E-state index in [9.17, 15) is 43.5 Å². The van der Waals surface area contributed by atoms with E-state index in [1.54, 1.807) is 0 Å². The van der Waals surface area contributed by atoms with Gasteiger partial charge in [-0.15, -0.1) is 0 Å². The zero-order valence-electron chi connectivity index (χ0n) is 43.8. The summed E-state index contributed by atoms with van der Waals surface area (Å²) in [7, 11) is -10.9. The first-order valence-corrected chi connectivity index (χ1v) is 30.0. The molecule has 418 valence electrons. The monoisotopic (exact) mass is 1070 g/mol. The number of rotatable bonds is 43. The predicted molar refractivity (Wildman–Crippen MR) is 279 cm³/mol. The van der Waals surface area contributed by atoms with E-state index in [2.05, 4.69) is 54.4 Å². The summed E-state index contributed by atoms with van der Waals surface area (Å²) in [5.41, 5.74) is 4.59. The van der Waals surface area contributed by atoms with Crippen molar-refractivity contribution in [2.24, 2.45) is 5.92 Å². The first kappa shape index (κ1) is 64.2. The normalized spacial score (nSPS) is 22.1. The van der Waals surface area contributed by atoms with Crippen molar-refractivity contribution >= 4 is 33.4 Å². The predicted octanol–water partition coefficient (Wildman–Crippen LogP) is 10.4. The van der Waals surface area contributed by atoms with E-state index in [-0.39, 0.29) is 30.9 Å². The van der Waals surface area contributed by atoms with E-state index in [1.165, 1.54) is 89.5 Å². The van der Waals surface area contributed by atoms with Crippen molar-refractivity contribution < 1.29 is 71.0 Å². The summed E-state index contributed by atoms with van der Waals surface area (Å²) < 4.78 is 62.6. The van der Waals surface area contributed by atoms with E-state index in [0.717, 1.165) is 68.0 Å². The van der Waals surface area contributed by atoms with Gasteiger partial charge in [-0.25, -0.2) is 13.9 Å². The zero-order valence-corrected chi connectivity index (χ0v) is 45.6. The number of nitrogens with two attached hydrogens (primary N) is 1. The summed E-state index contributed by atoms with van der Waals surface area (Å²) in [5.74, 6) is -0.572. The molecule has 0 saturated carbocycles.